The zero-order valence-electron chi connectivity index (χ0n) is 14.2. The number of carbonyl (C=O) groups excluding carboxylic acids is 1. The third-order valence-corrected chi connectivity index (χ3v) is 5.74. The first-order valence-corrected chi connectivity index (χ1v) is 9.58. The molecule has 1 N–H and O–H groups in total. The highest BCUT2D eigenvalue weighted by molar-refractivity contribution is 7.19. The summed E-state index contributed by atoms with van der Waals surface area (Å²) in [5.41, 5.74) is 2.16. The van der Waals surface area contributed by atoms with Crippen molar-refractivity contribution in [2.45, 2.75) is 45.6 Å². The Kier molecular flexibility index (Phi) is 4.48. The molecule has 3 aromatic rings. The first-order valence-electron chi connectivity index (χ1n) is 8.76. The maximum Gasteiger partial charge on any atom is 0.234 e. The number of benzene rings is 1. The van der Waals surface area contributed by atoms with Crippen LogP contribution >= 0.6 is 11.3 Å². The van der Waals surface area contributed by atoms with Gasteiger partial charge in [-0.3, -0.25) is 4.79 Å². The lowest BCUT2D eigenvalue weighted by Gasteiger charge is -2.20. The van der Waals surface area contributed by atoms with Crippen LogP contribution in [0.15, 0.2) is 24.3 Å². The molecule has 1 amide bonds. The second-order valence-electron chi connectivity index (χ2n) is 6.60. The molecular weight excluding hydrogens is 334 g/mol. The van der Waals surface area contributed by atoms with Crippen molar-refractivity contribution in [3.8, 4) is 10.6 Å². The van der Waals surface area contributed by atoms with Gasteiger partial charge in [-0.25, -0.2) is 0 Å². The van der Waals surface area contributed by atoms with Crippen molar-refractivity contribution in [3.63, 3.8) is 0 Å². The van der Waals surface area contributed by atoms with Crippen molar-refractivity contribution < 1.29 is 4.79 Å². The third-order valence-electron chi connectivity index (χ3n) is 4.79. The van der Waals surface area contributed by atoms with Crippen molar-refractivity contribution in [2.75, 3.05) is 0 Å². The van der Waals surface area contributed by atoms with Crippen molar-refractivity contribution in [3.05, 3.63) is 35.7 Å². The quantitative estimate of drug-likeness (QED) is 0.779. The molecule has 130 valence electrons. The van der Waals surface area contributed by atoms with Crippen molar-refractivity contribution in [1.82, 2.24) is 25.1 Å². The fourth-order valence-corrected chi connectivity index (χ4v) is 4.19. The number of fused-ring (bicyclic) bond motifs is 1. The van der Waals surface area contributed by atoms with Crippen LogP contribution in [0.4, 0.5) is 0 Å². The molecule has 1 fully saturated rings. The first kappa shape index (κ1) is 16.2. The van der Waals surface area contributed by atoms with Crippen LogP contribution < -0.4 is 5.32 Å². The monoisotopic (exact) mass is 355 g/mol. The topological polar surface area (TPSA) is 72.2 Å². The molecule has 0 aliphatic heterocycles. The van der Waals surface area contributed by atoms with E-state index in [0.717, 1.165) is 39.8 Å². The molecule has 1 aliphatic rings. The Morgan fingerprint density at radius 1 is 1.20 bits per heavy atom. The molecule has 1 aromatic carbocycles. The van der Waals surface area contributed by atoms with Crippen LogP contribution in [0.25, 0.3) is 15.5 Å². The van der Waals surface area contributed by atoms with E-state index >= 15 is 0 Å². The normalized spacial score (nSPS) is 15.6. The van der Waals surface area contributed by atoms with E-state index in [0.29, 0.717) is 6.54 Å². The van der Waals surface area contributed by atoms with E-state index in [1.165, 1.54) is 30.6 Å². The zero-order valence-corrected chi connectivity index (χ0v) is 15.1. The van der Waals surface area contributed by atoms with Gasteiger partial charge in [0.1, 0.15) is 5.01 Å². The minimum atomic E-state index is 0.202. The Bertz CT molecular complexity index is 877. The Labute approximate surface area is 150 Å². The number of rotatable bonds is 4. The molecule has 2 aromatic heterocycles. The van der Waals surface area contributed by atoms with Gasteiger partial charge in [0.15, 0.2) is 5.82 Å². The molecule has 1 saturated carbocycles. The third kappa shape index (κ3) is 3.42. The molecule has 0 radical (unpaired) electrons. The van der Waals surface area contributed by atoms with Crippen LogP contribution in [0, 0.1) is 12.8 Å². The molecule has 0 atom stereocenters. The number of amides is 1. The van der Waals surface area contributed by atoms with Crippen molar-refractivity contribution in [2.24, 2.45) is 5.92 Å². The summed E-state index contributed by atoms with van der Waals surface area (Å²) in [7, 11) is 0. The van der Waals surface area contributed by atoms with Crippen LogP contribution in [-0.2, 0) is 11.3 Å². The number of hydrogen-bond acceptors (Lipinski definition) is 5. The van der Waals surface area contributed by atoms with E-state index in [-0.39, 0.29) is 11.8 Å². The van der Waals surface area contributed by atoms with E-state index in [4.69, 9.17) is 0 Å². The van der Waals surface area contributed by atoms with Crippen LogP contribution in [-0.4, -0.2) is 25.7 Å². The SMILES string of the molecule is Cc1nnc2sc(-c3ccc(CNC(=O)C4CCCCC4)cc3)nn12. The maximum absolute atomic E-state index is 12.2. The van der Waals surface area contributed by atoms with E-state index in [2.05, 4.69) is 20.6 Å². The fraction of sp³-hybridized carbons (Fsp3) is 0.444. The predicted octanol–water partition coefficient (Wildman–Crippen LogP) is 3.36. The first-order chi connectivity index (χ1) is 12.2. The summed E-state index contributed by atoms with van der Waals surface area (Å²) in [4.78, 5) is 13.0. The highest BCUT2D eigenvalue weighted by Gasteiger charge is 2.20. The van der Waals surface area contributed by atoms with Gasteiger partial charge in [0, 0.05) is 18.0 Å². The van der Waals surface area contributed by atoms with Gasteiger partial charge in [-0.05, 0) is 25.3 Å². The zero-order chi connectivity index (χ0) is 17.2. The predicted molar refractivity (Wildman–Crippen MR) is 97.3 cm³/mol. The number of nitrogens with zero attached hydrogens (tertiary/aromatic N) is 4. The van der Waals surface area contributed by atoms with Gasteiger partial charge in [-0.1, -0.05) is 54.9 Å². The number of aromatic nitrogens is 4. The molecule has 7 heteroatoms. The lowest BCUT2D eigenvalue weighted by atomic mass is 9.88. The Morgan fingerprint density at radius 2 is 1.96 bits per heavy atom. The van der Waals surface area contributed by atoms with Crippen LogP contribution in [0.2, 0.25) is 0 Å². The van der Waals surface area contributed by atoms with E-state index in [1.54, 1.807) is 4.52 Å². The summed E-state index contributed by atoms with van der Waals surface area (Å²) in [5.74, 6) is 1.20. The summed E-state index contributed by atoms with van der Waals surface area (Å²) >= 11 is 1.52. The minimum Gasteiger partial charge on any atom is -0.352 e. The van der Waals surface area contributed by atoms with Crippen LogP contribution in [0.1, 0.15) is 43.5 Å². The van der Waals surface area contributed by atoms with Gasteiger partial charge in [-0.15, -0.1) is 10.2 Å². The second kappa shape index (κ2) is 6.92. The molecular formula is C18H21N5OS. The molecule has 1 aliphatic carbocycles. The summed E-state index contributed by atoms with van der Waals surface area (Å²) in [6, 6.07) is 8.18. The summed E-state index contributed by atoms with van der Waals surface area (Å²) < 4.78 is 1.76. The average Bonchev–Trinajstić information content (AvgIpc) is 3.23. The summed E-state index contributed by atoms with van der Waals surface area (Å²) in [5, 5.41) is 16.6. The highest BCUT2D eigenvalue weighted by atomic mass is 32.1. The molecule has 0 unspecified atom stereocenters. The van der Waals surface area contributed by atoms with E-state index in [1.807, 2.05) is 31.2 Å². The largest absolute Gasteiger partial charge is 0.352 e. The lowest BCUT2D eigenvalue weighted by Crippen LogP contribution is -2.31. The van der Waals surface area contributed by atoms with Crippen LogP contribution in [0.5, 0.6) is 0 Å². The second-order valence-corrected chi connectivity index (χ2v) is 7.55. The Hall–Kier alpha value is -2.28. The number of aryl methyl sites for hydroxylation is 1. The van der Waals surface area contributed by atoms with Crippen molar-refractivity contribution in [1.29, 1.82) is 0 Å². The minimum absolute atomic E-state index is 0.202. The van der Waals surface area contributed by atoms with Gasteiger partial charge in [-0.2, -0.15) is 9.61 Å². The molecule has 6 nitrogen and oxygen atoms in total. The summed E-state index contributed by atoms with van der Waals surface area (Å²) in [6.45, 7) is 2.47. The van der Waals surface area contributed by atoms with Crippen LogP contribution in [0.3, 0.4) is 0 Å². The average molecular weight is 355 g/mol. The number of nitrogens with one attached hydrogen (secondary N) is 1. The fourth-order valence-electron chi connectivity index (χ4n) is 3.29. The maximum atomic E-state index is 12.2. The molecule has 0 spiro atoms. The summed E-state index contributed by atoms with van der Waals surface area (Å²) in [6.07, 6.45) is 5.69. The van der Waals surface area contributed by atoms with E-state index < -0.39 is 0 Å². The van der Waals surface area contributed by atoms with E-state index in [9.17, 15) is 4.79 Å². The molecule has 0 saturated heterocycles. The van der Waals surface area contributed by atoms with Gasteiger partial charge < -0.3 is 5.32 Å². The number of carbonyl (C=O) groups is 1. The Morgan fingerprint density at radius 3 is 2.68 bits per heavy atom. The molecule has 2 heterocycles. The number of hydrogen-bond donors (Lipinski definition) is 1. The molecule has 25 heavy (non-hydrogen) atoms. The smallest absolute Gasteiger partial charge is 0.234 e. The Balaban J connectivity index is 1.40. The van der Waals surface area contributed by atoms with Gasteiger partial charge in [0.05, 0.1) is 0 Å². The standard InChI is InChI=1S/C18H21N5OS/c1-12-20-21-18-23(12)22-17(25-18)15-9-7-13(8-10-15)11-19-16(24)14-5-3-2-4-6-14/h7-10,14H,2-6,11H2,1H3,(H,19,24). The van der Waals surface area contributed by atoms with Gasteiger partial charge in [0.25, 0.3) is 0 Å². The van der Waals surface area contributed by atoms with Crippen molar-refractivity contribution >= 4 is 22.2 Å². The van der Waals surface area contributed by atoms with Gasteiger partial charge in [0.2, 0.25) is 10.9 Å². The molecule has 4 rings (SSSR count). The molecule has 0 bridgehead atoms. The van der Waals surface area contributed by atoms with Gasteiger partial charge >= 0.3 is 0 Å². The lowest BCUT2D eigenvalue weighted by molar-refractivity contribution is -0.126. The highest BCUT2D eigenvalue weighted by Crippen LogP contribution is 2.26.